The largest absolute Gasteiger partial charge is 0.497 e. The normalized spacial score (nSPS) is 11.3. The summed E-state index contributed by atoms with van der Waals surface area (Å²) in [6.07, 6.45) is 3.03. The van der Waals surface area contributed by atoms with E-state index < -0.39 is 10.2 Å². The second-order valence-corrected chi connectivity index (χ2v) is 7.07. The van der Waals surface area contributed by atoms with Crippen molar-refractivity contribution in [3.05, 3.63) is 48.3 Å². The second kappa shape index (κ2) is 7.14. The van der Waals surface area contributed by atoms with Gasteiger partial charge in [0, 0.05) is 30.3 Å². The third-order valence-electron chi connectivity index (χ3n) is 3.67. The molecular weight excluding hydrogens is 356 g/mol. The number of hydrogen-bond acceptors (Lipinski definition) is 6. The molecule has 3 rings (SSSR count). The number of aryl methyl sites for hydroxylation is 1. The molecule has 2 aromatic heterocycles. The van der Waals surface area contributed by atoms with Crippen molar-refractivity contribution in [2.45, 2.75) is 6.92 Å². The highest BCUT2D eigenvalue weighted by molar-refractivity contribution is 7.90. The second-order valence-electron chi connectivity index (χ2n) is 5.45. The van der Waals surface area contributed by atoms with E-state index in [1.807, 2.05) is 18.2 Å². The van der Waals surface area contributed by atoms with E-state index in [0.29, 0.717) is 28.6 Å². The third kappa shape index (κ3) is 3.84. The minimum atomic E-state index is -3.60. The third-order valence-corrected chi connectivity index (χ3v) is 4.71. The van der Waals surface area contributed by atoms with Crippen molar-refractivity contribution in [3.63, 3.8) is 0 Å². The van der Waals surface area contributed by atoms with Gasteiger partial charge in [-0.1, -0.05) is 0 Å². The van der Waals surface area contributed by atoms with Gasteiger partial charge in [0.2, 0.25) is 5.88 Å². The van der Waals surface area contributed by atoms with Crippen molar-refractivity contribution in [3.8, 4) is 17.4 Å². The maximum absolute atomic E-state index is 11.6. The van der Waals surface area contributed by atoms with Crippen LogP contribution in [0.25, 0.3) is 10.9 Å². The van der Waals surface area contributed by atoms with E-state index in [0.717, 1.165) is 10.9 Å². The molecule has 0 atom stereocenters. The van der Waals surface area contributed by atoms with Crippen LogP contribution < -0.4 is 18.9 Å². The van der Waals surface area contributed by atoms with Crippen LogP contribution in [0.5, 0.6) is 17.4 Å². The summed E-state index contributed by atoms with van der Waals surface area (Å²) in [4.78, 5) is 8.52. The summed E-state index contributed by atoms with van der Waals surface area (Å²) in [5.41, 5.74) is 1.76. The van der Waals surface area contributed by atoms with Crippen LogP contribution in [0.1, 0.15) is 5.56 Å². The molecule has 0 spiro atoms. The molecule has 0 amide bonds. The van der Waals surface area contributed by atoms with E-state index in [1.54, 1.807) is 32.4 Å². The van der Waals surface area contributed by atoms with Gasteiger partial charge in [-0.05, 0) is 31.2 Å². The molecule has 0 unspecified atom stereocenters. The Morgan fingerprint density at radius 2 is 1.92 bits per heavy atom. The molecule has 0 aliphatic rings. The molecule has 0 bridgehead atoms. The topological polar surface area (TPSA) is 102 Å². The minimum Gasteiger partial charge on any atom is -0.497 e. The lowest BCUT2D eigenvalue weighted by atomic mass is 10.2. The molecule has 0 radical (unpaired) electrons. The van der Waals surface area contributed by atoms with Gasteiger partial charge in [-0.2, -0.15) is 8.42 Å². The summed E-state index contributed by atoms with van der Waals surface area (Å²) in [6, 6.07) is 8.89. The molecule has 1 aromatic carbocycles. The first kappa shape index (κ1) is 17.9. The quantitative estimate of drug-likeness (QED) is 0.688. The number of nitrogens with zero attached hydrogens (tertiary/aromatic N) is 2. The Kier molecular flexibility index (Phi) is 4.92. The summed E-state index contributed by atoms with van der Waals surface area (Å²) in [5.74, 6) is 1.68. The number of hydrogen-bond donors (Lipinski definition) is 2. The molecule has 0 fully saturated rings. The van der Waals surface area contributed by atoms with E-state index in [1.165, 1.54) is 13.2 Å². The van der Waals surface area contributed by atoms with Crippen LogP contribution in [0.2, 0.25) is 0 Å². The van der Waals surface area contributed by atoms with E-state index in [2.05, 4.69) is 19.4 Å². The maximum Gasteiger partial charge on any atom is 0.298 e. The number of methoxy groups -OCH3 is 1. The van der Waals surface area contributed by atoms with Gasteiger partial charge in [0.15, 0.2) is 0 Å². The molecule has 26 heavy (non-hydrogen) atoms. The number of rotatable bonds is 6. The van der Waals surface area contributed by atoms with Gasteiger partial charge >= 0.3 is 0 Å². The van der Waals surface area contributed by atoms with Crippen molar-refractivity contribution in [1.29, 1.82) is 0 Å². The van der Waals surface area contributed by atoms with Gasteiger partial charge < -0.3 is 9.47 Å². The Hall–Kier alpha value is -2.91. The average Bonchev–Trinajstić information content (AvgIpc) is 2.63. The zero-order valence-corrected chi connectivity index (χ0v) is 15.3. The van der Waals surface area contributed by atoms with Crippen molar-refractivity contribution >= 4 is 26.8 Å². The zero-order valence-electron chi connectivity index (χ0n) is 14.5. The number of fused-ring (bicyclic) bond motifs is 1. The molecule has 3 aromatic rings. The fourth-order valence-corrected chi connectivity index (χ4v) is 2.88. The fraction of sp³-hybridized carbons (Fsp3) is 0.176. The molecule has 136 valence electrons. The van der Waals surface area contributed by atoms with E-state index in [9.17, 15) is 8.42 Å². The van der Waals surface area contributed by atoms with Crippen LogP contribution in [-0.4, -0.2) is 32.5 Å². The smallest absolute Gasteiger partial charge is 0.298 e. The lowest BCUT2D eigenvalue weighted by Crippen LogP contribution is -2.26. The van der Waals surface area contributed by atoms with Gasteiger partial charge in [-0.15, -0.1) is 0 Å². The Morgan fingerprint density at radius 1 is 1.12 bits per heavy atom. The fourth-order valence-electron chi connectivity index (χ4n) is 2.35. The lowest BCUT2D eigenvalue weighted by Gasteiger charge is -2.12. The predicted octanol–water partition coefficient (Wildman–Crippen LogP) is 2.62. The molecule has 2 N–H and O–H groups in total. The molecule has 0 aliphatic heterocycles. The van der Waals surface area contributed by atoms with Crippen molar-refractivity contribution in [2.24, 2.45) is 0 Å². The van der Waals surface area contributed by atoms with Crippen LogP contribution in [-0.2, 0) is 10.2 Å². The Morgan fingerprint density at radius 3 is 2.62 bits per heavy atom. The Balaban J connectivity index is 1.91. The average molecular weight is 374 g/mol. The van der Waals surface area contributed by atoms with Crippen molar-refractivity contribution in [1.82, 2.24) is 14.7 Å². The van der Waals surface area contributed by atoms with Crippen LogP contribution in [0, 0.1) is 6.92 Å². The summed E-state index contributed by atoms with van der Waals surface area (Å²) >= 11 is 0. The first-order chi connectivity index (χ1) is 12.4. The minimum absolute atomic E-state index is 0.341. The van der Waals surface area contributed by atoms with Crippen LogP contribution in [0.15, 0.2) is 42.7 Å². The molecule has 0 saturated heterocycles. The highest BCUT2D eigenvalue weighted by Gasteiger charge is 2.11. The van der Waals surface area contributed by atoms with E-state index >= 15 is 0 Å². The molecule has 0 saturated carbocycles. The van der Waals surface area contributed by atoms with Gasteiger partial charge in [0.1, 0.15) is 11.5 Å². The first-order valence-corrected chi connectivity index (χ1v) is 9.19. The standard InChI is InChI=1S/C17H18N4O4S/c1-11-8-12(21-26(22,23)18-2)10-20-17(11)25-16-6-7-19-15-9-13(24-3)4-5-14(15)16/h4-10,18,21H,1-3H3. The summed E-state index contributed by atoms with van der Waals surface area (Å²) < 4.78 is 38.8. The van der Waals surface area contributed by atoms with Gasteiger partial charge in [-0.3, -0.25) is 9.71 Å². The molecule has 2 heterocycles. The zero-order chi connectivity index (χ0) is 18.7. The number of anilines is 1. The number of benzene rings is 1. The van der Waals surface area contributed by atoms with Crippen LogP contribution >= 0.6 is 0 Å². The summed E-state index contributed by atoms with van der Waals surface area (Å²) in [6.45, 7) is 1.78. The molecule has 0 aliphatic carbocycles. The number of pyridine rings is 2. The lowest BCUT2D eigenvalue weighted by molar-refractivity contribution is 0.415. The first-order valence-electron chi connectivity index (χ1n) is 7.70. The van der Waals surface area contributed by atoms with Crippen LogP contribution in [0.4, 0.5) is 5.69 Å². The highest BCUT2D eigenvalue weighted by atomic mass is 32.2. The molecule has 9 heteroatoms. The predicted molar refractivity (Wildman–Crippen MR) is 98.9 cm³/mol. The Bertz CT molecular complexity index is 1050. The SMILES string of the molecule is CNS(=O)(=O)Nc1cnc(Oc2ccnc3cc(OC)ccc23)c(C)c1. The number of ether oxygens (including phenoxy) is 2. The van der Waals surface area contributed by atoms with E-state index in [-0.39, 0.29) is 0 Å². The van der Waals surface area contributed by atoms with Crippen molar-refractivity contribution < 1.29 is 17.9 Å². The maximum atomic E-state index is 11.6. The summed E-state index contributed by atoms with van der Waals surface area (Å²) in [5, 5.41) is 0.814. The number of aromatic nitrogens is 2. The summed E-state index contributed by atoms with van der Waals surface area (Å²) in [7, 11) is -0.678. The van der Waals surface area contributed by atoms with Gasteiger partial charge in [0.25, 0.3) is 10.2 Å². The van der Waals surface area contributed by atoms with Crippen molar-refractivity contribution in [2.75, 3.05) is 18.9 Å². The monoisotopic (exact) mass is 374 g/mol. The Labute approximate surface area is 151 Å². The molecule has 8 nitrogen and oxygen atoms in total. The highest BCUT2D eigenvalue weighted by Crippen LogP contribution is 2.31. The van der Waals surface area contributed by atoms with Gasteiger partial charge in [-0.25, -0.2) is 9.71 Å². The van der Waals surface area contributed by atoms with E-state index in [4.69, 9.17) is 9.47 Å². The van der Waals surface area contributed by atoms with Gasteiger partial charge in [0.05, 0.1) is 24.5 Å². The molecular formula is C17H18N4O4S. The number of nitrogens with one attached hydrogen (secondary N) is 2. The van der Waals surface area contributed by atoms with Crippen LogP contribution in [0.3, 0.4) is 0 Å².